The molecule has 0 aromatic heterocycles. The summed E-state index contributed by atoms with van der Waals surface area (Å²) in [6, 6.07) is 0.607. The SMILES string of the molecule is NC(=O)CC(NC(=O)C(Cc1ccc(O)cc1)NC(=O)C(N)CS)C(=O)NC(CCCN=C(N)N)C(=O)O. The lowest BCUT2D eigenvalue weighted by atomic mass is 10.0. The van der Waals surface area contributed by atoms with Crippen LogP contribution in [0.5, 0.6) is 5.75 Å². The van der Waals surface area contributed by atoms with Crippen LogP contribution in [-0.2, 0) is 30.4 Å². The first kappa shape index (κ1) is 32.0. The van der Waals surface area contributed by atoms with Gasteiger partial charge in [-0.3, -0.25) is 24.2 Å². The van der Waals surface area contributed by atoms with E-state index in [1.54, 1.807) is 0 Å². The number of hydrogen-bond acceptors (Lipinski definition) is 9. The van der Waals surface area contributed by atoms with E-state index in [1.165, 1.54) is 24.3 Å². The van der Waals surface area contributed by atoms with Crippen LogP contribution in [0.4, 0.5) is 0 Å². The van der Waals surface area contributed by atoms with Crippen molar-refractivity contribution in [2.75, 3.05) is 12.3 Å². The fourth-order valence-electron chi connectivity index (χ4n) is 3.15. The van der Waals surface area contributed by atoms with Gasteiger partial charge >= 0.3 is 5.97 Å². The van der Waals surface area contributed by atoms with E-state index in [0.717, 1.165) is 0 Å². The van der Waals surface area contributed by atoms with Crippen molar-refractivity contribution in [1.29, 1.82) is 0 Å². The van der Waals surface area contributed by atoms with Crippen LogP contribution in [0, 0.1) is 0 Å². The highest BCUT2D eigenvalue weighted by Gasteiger charge is 2.31. The van der Waals surface area contributed by atoms with Crippen molar-refractivity contribution in [3.63, 3.8) is 0 Å². The average Bonchev–Trinajstić information content (AvgIpc) is 2.84. The quantitative estimate of drug-likeness (QED) is 0.0419. The second-order valence-electron chi connectivity index (χ2n) is 8.30. The molecule has 0 saturated heterocycles. The third kappa shape index (κ3) is 11.8. The number of benzene rings is 1. The molecule has 38 heavy (non-hydrogen) atoms. The van der Waals surface area contributed by atoms with Gasteiger partial charge in [0.1, 0.15) is 23.9 Å². The maximum atomic E-state index is 13.1. The number of carbonyl (C=O) groups excluding carboxylic acids is 4. The predicted octanol–water partition coefficient (Wildman–Crippen LogP) is -3.34. The van der Waals surface area contributed by atoms with E-state index in [-0.39, 0.29) is 43.3 Å². The largest absolute Gasteiger partial charge is 0.508 e. The number of thiol groups is 1. The number of nitrogens with one attached hydrogen (secondary N) is 3. The highest BCUT2D eigenvalue weighted by atomic mass is 32.1. The van der Waals surface area contributed by atoms with Crippen molar-refractivity contribution in [3.05, 3.63) is 29.8 Å². The van der Waals surface area contributed by atoms with E-state index in [4.69, 9.17) is 22.9 Å². The fraction of sp³-hybridized carbons (Fsp3) is 0.455. The zero-order valence-electron chi connectivity index (χ0n) is 20.5. The molecule has 16 heteroatoms. The first-order valence-corrected chi connectivity index (χ1v) is 12.1. The second kappa shape index (κ2) is 15.9. The summed E-state index contributed by atoms with van der Waals surface area (Å²) < 4.78 is 0. The Morgan fingerprint density at radius 3 is 1.97 bits per heavy atom. The normalized spacial score (nSPS) is 13.7. The van der Waals surface area contributed by atoms with E-state index in [2.05, 4.69) is 33.6 Å². The van der Waals surface area contributed by atoms with Crippen LogP contribution in [0.1, 0.15) is 24.8 Å². The number of amides is 4. The molecule has 0 bridgehead atoms. The van der Waals surface area contributed by atoms with Crippen LogP contribution in [0.15, 0.2) is 29.3 Å². The molecule has 0 spiro atoms. The van der Waals surface area contributed by atoms with E-state index in [0.29, 0.717) is 5.56 Å². The average molecular weight is 555 g/mol. The summed E-state index contributed by atoms with van der Waals surface area (Å²) in [6.07, 6.45) is -0.539. The summed E-state index contributed by atoms with van der Waals surface area (Å²) in [5, 5.41) is 26.0. The Hall–Kier alpha value is -4.05. The van der Waals surface area contributed by atoms with Crippen LogP contribution in [-0.4, -0.2) is 82.2 Å². The lowest BCUT2D eigenvalue weighted by Gasteiger charge is -2.24. The van der Waals surface area contributed by atoms with Crippen LogP contribution in [0.2, 0.25) is 0 Å². The summed E-state index contributed by atoms with van der Waals surface area (Å²) in [5.74, 6) is -5.03. The molecular weight excluding hydrogens is 520 g/mol. The molecule has 0 heterocycles. The van der Waals surface area contributed by atoms with Crippen molar-refractivity contribution >= 4 is 48.2 Å². The Balaban J connectivity index is 3.06. The highest BCUT2D eigenvalue weighted by molar-refractivity contribution is 7.80. The minimum absolute atomic E-state index is 0.00809. The van der Waals surface area contributed by atoms with Crippen LogP contribution < -0.4 is 38.9 Å². The number of nitrogens with two attached hydrogens (primary N) is 4. The standard InChI is InChI=1S/C22H34N8O7S/c23-13(10-38)18(33)29-15(8-11-3-5-12(31)6-4-11)19(34)30-16(9-17(24)32)20(35)28-14(21(36)37)2-1-7-27-22(25)26/h3-6,13-16,31,38H,1-2,7-10,23H2,(H2,24,32)(H,28,35)(H,29,33)(H,30,34)(H,36,37)(H4,25,26,27). The van der Waals surface area contributed by atoms with Gasteiger partial charge in [-0.2, -0.15) is 12.6 Å². The van der Waals surface area contributed by atoms with Gasteiger partial charge in [0, 0.05) is 18.7 Å². The van der Waals surface area contributed by atoms with Crippen molar-refractivity contribution in [2.45, 2.75) is 49.9 Å². The number of phenolic OH excluding ortho intramolecular Hbond substituents is 1. The number of nitrogens with zero attached hydrogens (tertiary/aromatic N) is 1. The number of carbonyl (C=O) groups is 5. The Labute approximate surface area is 224 Å². The molecule has 1 aromatic carbocycles. The fourth-order valence-corrected chi connectivity index (χ4v) is 3.32. The molecule has 1 rings (SSSR count). The first-order chi connectivity index (χ1) is 17.8. The molecule has 4 atom stereocenters. The highest BCUT2D eigenvalue weighted by Crippen LogP contribution is 2.12. The number of aliphatic carboxylic acids is 1. The third-order valence-electron chi connectivity index (χ3n) is 5.14. The zero-order valence-corrected chi connectivity index (χ0v) is 21.4. The minimum atomic E-state index is -1.54. The van der Waals surface area contributed by atoms with E-state index in [1.807, 2.05) is 0 Å². The number of carboxylic acid groups (broad SMARTS) is 1. The number of guanidine groups is 1. The van der Waals surface area contributed by atoms with Gasteiger partial charge in [-0.05, 0) is 30.5 Å². The predicted molar refractivity (Wildman–Crippen MR) is 141 cm³/mol. The number of phenols is 1. The molecule has 1 aromatic rings. The number of aliphatic imine (C=N–C) groups is 1. The molecule has 0 aliphatic rings. The number of carboxylic acids is 1. The van der Waals surface area contributed by atoms with Crippen LogP contribution >= 0.6 is 12.6 Å². The van der Waals surface area contributed by atoms with Gasteiger partial charge in [-0.1, -0.05) is 12.1 Å². The maximum Gasteiger partial charge on any atom is 0.326 e. The number of primary amides is 1. The molecule has 4 unspecified atom stereocenters. The summed E-state index contributed by atoms with van der Waals surface area (Å²) >= 11 is 3.96. The molecular formula is C22H34N8O7S. The van der Waals surface area contributed by atoms with Crippen LogP contribution in [0.25, 0.3) is 0 Å². The summed E-state index contributed by atoms with van der Waals surface area (Å²) in [7, 11) is 0. The Bertz CT molecular complexity index is 1020. The summed E-state index contributed by atoms with van der Waals surface area (Å²) in [4.78, 5) is 65.3. The minimum Gasteiger partial charge on any atom is -0.508 e. The van der Waals surface area contributed by atoms with Gasteiger partial charge in [-0.15, -0.1) is 0 Å². The van der Waals surface area contributed by atoms with Gasteiger partial charge in [-0.25, -0.2) is 4.79 Å². The van der Waals surface area contributed by atoms with Crippen molar-refractivity contribution in [3.8, 4) is 5.75 Å². The molecule has 0 aliphatic heterocycles. The molecule has 15 nitrogen and oxygen atoms in total. The Morgan fingerprint density at radius 2 is 1.45 bits per heavy atom. The lowest BCUT2D eigenvalue weighted by molar-refractivity contribution is -0.142. The number of aromatic hydroxyl groups is 1. The van der Waals surface area contributed by atoms with E-state index >= 15 is 0 Å². The summed E-state index contributed by atoms with van der Waals surface area (Å²) in [6.45, 7) is 0.122. The molecule has 0 aliphatic carbocycles. The molecule has 0 fully saturated rings. The molecule has 0 saturated carbocycles. The topological polar surface area (TPSA) is 278 Å². The summed E-state index contributed by atoms with van der Waals surface area (Å²) in [5.41, 5.74) is 21.9. The maximum absolute atomic E-state index is 13.1. The van der Waals surface area contributed by atoms with Gasteiger partial charge < -0.3 is 49.1 Å². The lowest BCUT2D eigenvalue weighted by Crippen LogP contribution is -2.58. The second-order valence-corrected chi connectivity index (χ2v) is 8.67. The third-order valence-corrected chi connectivity index (χ3v) is 5.53. The smallest absolute Gasteiger partial charge is 0.326 e. The first-order valence-electron chi connectivity index (χ1n) is 11.5. The monoisotopic (exact) mass is 554 g/mol. The zero-order chi connectivity index (χ0) is 28.8. The van der Waals surface area contributed by atoms with Gasteiger partial charge in [0.2, 0.25) is 23.6 Å². The molecule has 4 amide bonds. The van der Waals surface area contributed by atoms with Crippen molar-refractivity contribution in [2.24, 2.45) is 27.9 Å². The van der Waals surface area contributed by atoms with Gasteiger partial charge in [0.15, 0.2) is 5.96 Å². The number of hydrogen-bond donors (Lipinski definition) is 10. The van der Waals surface area contributed by atoms with E-state index in [9.17, 15) is 34.2 Å². The van der Waals surface area contributed by atoms with Crippen molar-refractivity contribution < 1.29 is 34.2 Å². The van der Waals surface area contributed by atoms with Gasteiger partial charge in [0.05, 0.1) is 12.5 Å². The van der Waals surface area contributed by atoms with Crippen molar-refractivity contribution in [1.82, 2.24) is 16.0 Å². The van der Waals surface area contributed by atoms with Crippen LogP contribution in [0.3, 0.4) is 0 Å². The molecule has 210 valence electrons. The Morgan fingerprint density at radius 1 is 0.895 bits per heavy atom. The molecule has 0 radical (unpaired) electrons. The molecule has 13 N–H and O–H groups in total. The van der Waals surface area contributed by atoms with E-state index < -0.39 is 60.2 Å². The van der Waals surface area contributed by atoms with Gasteiger partial charge in [0.25, 0.3) is 0 Å². The number of rotatable bonds is 16. The Kier molecular flexibility index (Phi) is 13.4.